The van der Waals surface area contributed by atoms with Gasteiger partial charge in [0.2, 0.25) is 5.91 Å². The third kappa shape index (κ3) is 5.50. The van der Waals surface area contributed by atoms with Crippen molar-refractivity contribution in [3.05, 3.63) is 61.3 Å². The minimum atomic E-state index is -0.442. The number of nitro benzene ring substituents is 1. The standard InChI is InChI=1S/C15H14BrN3O3S/c16-14-7-5-11(23-14)6-8-15(20)18-10-9-17-12-3-1-2-4-13(12)19(21)22/h1-8,17H,9-10H2,(H,18,20)/b8-6+. The molecular weight excluding hydrogens is 382 g/mol. The van der Waals surface area contributed by atoms with Crippen LogP contribution in [0.15, 0.2) is 46.3 Å². The number of para-hydroxylation sites is 2. The van der Waals surface area contributed by atoms with Gasteiger partial charge in [0.05, 0.1) is 8.71 Å². The molecule has 120 valence electrons. The Kier molecular flexibility index (Phi) is 6.30. The first-order chi connectivity index (χ1) is 11.1. The van der Waals surface area contributed by atoms with Crippen LogP contribution in [0.5, 0.6) is 0 Å². The molecule has 0 spiro atoms. The number of hydrogen-bond acceptors (Lipinski definition) is 5. The molecule has 1 aromatic carbocycles. The fraction of sp³-hybridized carbons (Fsp3) is 0.133. The molecule has 2 N–H and O–H groups in total. The average Bonchev–Trinajstić information content (AvgIpc) is 2.95. The predicted octanol–water partition coefficient (Wildman–Crippen LogP) is 3.66. The highest BCUT2D eigenvalue weighted by Gasteiger charge is 2.11. The van der Waals surface area contributed by atoms with Gasteiger partial charge >= 0.3 is 0 Å². The van der Waals surface area contributed by atoms with Gasteiger partial charge < -0.3 is 10.6 Å². The number of anilines is 1. The van der Waals surface area contributed by atoms with Gasteiger partial charge in [-0.2, -0.15) is 0 Å². The van der Waals surface area contributed by atoms with Crippen LogP contribution in [0.25, 0.3) is 6.08 Å². The van der Waals surface area contributed by atoms with Gasteiger partial charge in [-0.05, 0) is 40.2 Å². The molecule has 0 aliphatic heterocycles. The van der Waals surface area contributed by atoms with Crippen LogP contribution in [-0.4, -0.2) is 23.9 Å². The van der Waals surface area contributed by atoms with E-state index in [1.54, 1.807) is 24.3 Å². The van der Waals surface area contributed by atoms with Crippen molar-refractivity contribution in [2.24, 2.45) is 0 Å². The Labute approximate surface area is 145 Å². The van der Waals surface area contributed by atoms with Crippen molar-refractivity contribution in [3.8, 4) is 0 Å². The molecule has 23 heavy (non-hydrogen) atoms. The number of amides is 1. The summed E-state index contributed by atoms with van der Waals surface area (Å²) in [5.41, 5.74) is 0.452. The molecule has 0 bridgehead atoms. The van der Waals surface area contributed by atoms with E-state index in [1.165, 1.54) is 23.5 Å². The van der Waals surface area contributed by atoms with Crippen molar-refractivity contribution in [2.45, 2.75) is 0 Å². The lowest BCUT2D eigenvalue weighted by molar-refractivity contribution is -0.384. The van der Waals surface area contributed by atoms with Gasteiger partial charge in [0.15, 0.2) is 0 Å². The quantitative estimate of drug-likeness (QED) is 0.324. The highest BCUT2D eigenvalue weighted by atomic mass is 79.9. The minimum absolute atomic E-state index is 0.0157. The first kappa shape index (κ1) is 17.2. The second kappa shape index (κ2) is 8.44. The van der Waals surface area contributed by atoms with Gasteiger partial charge in [-0.15, -0.1) is 11.3 Å². The molecule has 2 rings (SSSR count). The highest BCUT2D eigenvalue weighted by molar-refractivity contribution is 9.11. The third-order valence-electron chi connectivity index (χ3n) is 2.83. The summed E-state index contributed by atoms with van der Waals surface area (Å²) >= 11 is 4.89. The Morgan fingerprint density at radius 2 is 2.04 bits per heavy atom. The molecular formula is C15H14BrN3O3S. The molecule has 1 aromatic heterocycles. The van der Waals surface area contributed by atoms with Crippen molar-refractivity contribution in [2.75, 3.05) is 18.4 Å². The molecule has 1 amide bonds. The van der Waals surface area contributed by atoms with E-state index in [4.69, 9.17) is 0 Å². The largest absolute Gasteiger partial charge is 0.378 e. The summed E-state index contributed by atoms with van der Waals surface area (Å²) in [4.78, 5) is 23.1. The molecule has 0 unspecified atom stereocenters. The first-order valence-corrected chi connectivity index (χ1v) is 8.36. The number of thiophene rings is 1. The van der Waals surface area contributed by atoms with E-state index in [9.17, 15) is 14.9 Å². The van der Waals surface area contributed by atoms with Gasteiger partial charge in [-0.3, -0.25) is 14.9 Å². The Bertz CT molecular complexity index is 730. The van der Waals surface area contributed by atoms with Crippen molar-refractivity contribution in [1.82, 2.24) is 5.32 Å². The zero-order chi connectivity index (χ0) is 16.7. The van der Waals surface area contributed by atoms with Crippen LogP contribution in [-0.2, 0) is 4.79 Å². The maximum Gasteiger partial charge on any atom is 0.292 e. The van der Waals surface area contributed by atoms with E-state index in [0.29, 0.717) is 18.8 Å². The van der Waals surface area contributed by atoms with Crippen molar-refractivity contribution < 1.29 is 9.72 Å². The maximum absolute atomic E-state index is 11.7. The molecule has 1 heterocycles. The average molecular weight is 396 g/mol. The topological polar surface area (TPSA) is 84.3 Å². The van der Waals surface area contributed by atoms with E-state index in [2.05, 4.69) is 26.6 Å². The Hall–Kier alpha value is -2.19. The second-order valence-corrected chi connectivity index (χ2v) is 6.96. The fourth-order valence-corrected chi connectivity index (χ4v) is 3.13. The monoisotopic (exact) mass is 395 g/mol. The highest BCUT2D eigenvalue weighted by Crippen LogP contribution is 2.23. The Morgan fingerprint density at radius 3 is 2.74 bits per heavy atom. The van der Waals surface area contributed by atoms with E-state index in [0.717, 1.165) is 8.66 Å². The maximum atomic E-state index is 11.7. The smallest absolute Gasteiger partial charge is 0.292 e. The summed E-state index contributed by atoms with van der Waals surface area (Å²) < 4.78 is 1.01. The molecule has 0 saturated heterocycles. The van der Waals surface area contributed by atoms with E-state index >= 15 is 0 Å². The normalized spacial score (nSPS) is 10.7. The molecule has 0 saturated carbocycles. The summed E-state index contributed by atoms with van der Waals surface area (Å²) in [5.74, 6) is -0.209. The summed E-state index contributed by atoms with van der Waals surface area (Å²) in [5, 5.41) is 16.5. The van der Waals surface area contributed by atoms with Gasteiger partial charge in [-0.1, -0.05) is 12.1 Å². The number of benzene rings is 1. The fourth-order valence-electron chi connectivity index (χ4n) is 1.80. The van der Waals surface area contributed by atoms with Crippen LogP contribution in [0.2, 0.25) is 0 Å². The van der Waals surface area contributed by atoms with Crippen LogP contribution in [0.1, 0.15) is 4.88 Å². The number of nitrogens with one attached hydrogen (secondary N) is 2. The number of nitrogens with zero attached hydrogens (tertiary/aromatic N) is 1. The third-order valence-corrected chi connectivity index (χ3v) is 4.42. The lowest BCUT2D eigenvalue weighted by Gasteiger charge is -2.07. The molecule has 8 heteroatoms. The van der Waals surface area contributed by atoms with E-state index in [1.807, 2.05) is 12.1 Å². The number of halogens is 1. The molecule has 0 aliphatic carbocycles. The van der Waals surface area contributed by atoms with Gasteiger partial charge in [0.25, 0.3) is 5.69 Å². The van der Waals surface area contributed by atoms with E-state index < -0.39 is 4.92 Å². The number of carbonyl (C=O) groups excluding carboxylic acids is 1. The minimum Gasteiger partial charge on any atom is -0.378 e. The molecule has 0 fully saturated rings. The Balaban J connectivity index is 1.76. The summed E-state index contributed by atoms with van der Waals surface area (Å²) in [6.45, 7) is 0.762. The Morgan fingerprint density at radius 1 is 1.26 bits per heavy atom. The first-order valence-electron chi connectivity index (χ1n) is 6.75. The molecule has 0 atom stereocenters. The van der Waals surface area contributed by atoms with Crippen LogP contribution in [0, 0.1) is 10.1 Å². The lowest BCUT2D eigenvalue weighted by atomic mass is 10.2. The molecule has 0 aliphatic rings. The van der Waals surface area contributed by atoms with E-state index in [-0.39, 0.29) is 11.6 Å². The number of nitro groups is 1. The lowest BCUT2D eigenvalue weighted by Crippen LogP contribution is -2.27. The molecule has 2 aromatic rings. The summed E-state index contributed by atoms with van der Waals surface area (Å²) in [7, 11) is 0. The zero-order valence-electron chi connectivity index (χ0n) is 12.0. The molecule has 0 radical (unpaired) electrons. The van der Waals surface area contributed by atoms with Gasteiger partial charge in [-0.25, -0.2) is 0 Å². The van der Waals surface area contributed by atoms with Crippen molar-refractivity contribution >= 4 is 50.6 Å². The van der Waals surface area contributed by atoms with Crippen LogP contribution >= 0.6 is 27.3 Å². The van der Waals surface area contributed by atoms with Gasteiger partial charge in [0.1, 0.15) is 5.69 Å². The summed E-state index contributed by atoms with van der Waals surface area (Å²) in [6.07, 6.45) is 3.20. The van der Waals surface area contributed by atoms with Crippen LogP contribution < -0.4 is 10.6 Å². The number of carbonyl (C=O) groups is 1. The van der Waals surface area contributed by atoms with Crippen LogP contribution in [0.3, 0.4) is 0 Å². The van der Waals surface area contributed by atoms with Crippen molar-refractivity contribution in [3.63, 3.8) is 0 Å². The van der Waals surface area contributed by atoms with Crippen LogP contribution in [0.4, 0.5) is 11.4 Å². The van der Waals surface area contributed by atoms with Crippen molar-refractivity contribution in [1.29, 1.82) is 0 Å². The summed E-state index contributed by atoms with van der Waals surface area (Å²) in [6, 6.07) is 10.2. The SMILES string of the molecule is O=C(/C=C/c1ccc(Br)s1)NCCNc1ccccc1[N+](=O)[O-]. The predicted molar refractivity (Wildman–Crippen MR) is 95.6 cm³/mol. The van der Waals surface area contributed by atoms with Gasteiger partial charge in [0, 0.05) is 30.1 Å². The zero-order valence-corrected chi connectivity index (χ0v) is 14.4. The number of hydrogen-bond donors (Lipinski definition) is 2. The number of rotatable bonds is 7. The second-order valence-electron chi connectivity index (χ2n) is 4.47. The molecule has 6 nitrogen and oxygen atoms in total.